The molecule has 0 heterocycles. The van der Waals surface area contributed by atoms with E-state index in [1.54, 1.807) is 0 Å². The van der Waals surface area contributed by atoms with Crippen molar-refractivity contribution >= 4 is 6.09 Å². The van der Waals surface area contributed by atoms with E-state index in [9.17, 15) is 4.79 Å². The molecule has 0 unspecified atom stereocenters. The van der Waals surface area contributed by atoms with Crippen LogP contribution in [0.4, 0.5) is 4.79 Å². The lowest BCUT2D eigenvalue weighted by Gasteiger charge is -2.05. The first-order valence-electron chi connectivity index (χ1n) is 3.45. The second-order valence-electron chi connectivity index (χ2n) is 2.74. The average Bonchev–Trinajstić information content (AvgIpc) is 2.81. The van der Waals surface area contributed by atoms with Gasteiger partial charge >= 0.3 is 6.09 Å². The van der Waals surface area contributed by atoms with Gasteiger partial charge in [0.1, 0.15) is 0 Å². The minimum absolute atomic E-state index is 0.284. The molecule has 0 atom stereocenters. The van der Waals surface area contributed by atoms with Crippen LogP contribution in [0.25, 0.3) is 0 Å². The van der Waals surface area contributed by atoms with Crippen LogP contribution in [0.1, 0.15) is 12.8 Å². The third kappa shape index (κ3) is 1.84. The monoisotopic (exact) mass is 154 g/mol. The van der Waals surface area contributed by atoms with Crippen LogP contribution in [0, 0.1) is 16.7 Å². The van der Waals surface area contributed by atoms with Crippen LogP contribution >= 0.6 is 0 Å². The maximum Gasteiger partial charge on any atom is 0.406 e. The fraction of sp³-hybridized carbons (Fsp3) is 0.714. The van der Waals surface area contributed by atoms with Crippen molar-refractivity contribution in [2.45, 2.75) is 12.8 Å². The van der Waals surface area contributed by atoms with E-state index >= 15 is 0 Å². The molecule has 1 aliphatic carbocycles. The molecule has 0 radical (unpaired) electrons. The normalized spacial score (nSPS) is 18.2. The van der Waals surface area contributed by atoms with Gasteiger partial charge in [-0.05, 0) is 12.8 Å². The Balaban J connectivity index is 2.23. The highest BCUT2D eigenvalue weighted by atomic mass is 16.5. The van der Waals surface area contributed by atoms with Crippen molar-refractivity contribution in [1.29, 1.82) is 5.26 Å². The maximum atomic E-state index is 10.6. The Hall–Kier alpha value is -1.24. The van der Waals surface area contributed by atoms with Gasteiger partial charge in [-0.1, -0.05) is 0 Å². The molecule has 11 heavy (non-hydrogen) atoms. The van der Waals surface area contributed by atoms with Gasteiger partial charge in [0.05, 0.1) is 18.6 Å². The molecule has 4 heteroatoms. The Morgan fingerprint density at radius 2 is 2.45 bits per heavy atom. The number of alkyl carbamates (subject to hydrolysis) is 1. The van der Waals surface area contributed by atoms with Gasteiger partial charge < -0.3 is 10.1 Å². The number of amides is 1. The summed E-state index contributed by atoms with van der Waals surface area (Å²) in [6.07, 6.45) is 1.30. The summed E-state index contributed by atoms with van der Waals surface area (Å²) >= 11 is 0. The lowest BCUT2D eigenvalue weighted by atomic mass is 10.1. The van der Waals surface area contributed by atoms with Crippen LogP contribution in [0.5, 0.6) is 0 Å². The molecule has 1 aliphatic rings. The lowest BCUT2D eigenvalue weighted by molar-refractivity contribution is 0.169. The molecule has 0 saturated heterocycles. The number of rotatable bonds is 2. The number of methoxy groups -OCH3 is 1. The zero-order valence-corrected chi connectivity index (χ0v) is 6.39. The van der Waals surface area contributed by atoms with Gasteiger partial charge in [-0.3, -0.25) is 0 Å². The molecule has 0 aliphatic heterocycles. The first kappa shape index (κ1) is 7.86. The van der Waals surface area contributed by atoms with Crippen LogP contribution in [0.3, 0.4) is 0 Å². The van der Waals surface area contributed by atoms with E-state index in [-0.39, 0.29) is 5.41 Å². The number of nitriles is 1. The molecular formula is C7H10N2O2. The van der Waals surface area contributed by atoms with Crippen LogP contribution in [0.2, 0.25) is 0 Å². The SMILES string of the molecule is COC(=O)NCC1(C#N)CC1. The lowest BCUT2D eigenvalue weighted by Crippen LogP contribution is -2.29. The summed E-state index contributed by atoms with van der Waals surface area (Å²) in [5.74, 6) is 0. The maximum absolute atomic E-state index is 10.6. The highest BCUT2D eigenvalue weighted by Crippen LogP contribution is 2.43. The van der Waals surface area contributed by atoms with Crippen molar-refractivity contribution in [2.24, 2.45) is 5.41 Å². The van der Waals surface area contributed by atoms with Crippen LogP contribution < -0.4 is 5.32 Å². The zero-order chi connectivity index (χ0) is 8.32. The third-order valence-corrected chi connectivity index (χ3v) is 1.85. The van der Waals surface area contributed by atoms with E-state index in [1.165, 1.54) is 7.11 Å². The topological polar surface area (TPSA) is 62.1 Å². The van der Waals surface area contributed by atoms with Crippen LogP contribution in [-0.2, 0) is 4.74 Å². The predicted octanol–water partition coefficient (Wildman–Crippen LogP) is 0.646. The number of carbonyl (C=O) groups excluding carboxylic acids is 1. The van der Waals surface area contributed by atoms with Gasteiger partial charge in [0, 0.05) is 6.54 Å². The van der Waals surface area contributed by atoms with Crippen molar-refractivity contribution in [3.63, 3.8) is 0 Å². The number of carbonyl (C=O) groups is 1. The van der Waals surface area contributed by atoms with Crippen molar-refractivity contribution in [1.82, 2.24) is 5.32 Å². The minimum atomic E-state index is -0.466. The Morgan fingerprint density at radius 3 is 2.82 bits per heavy atom. The first-order valence-corrected chi connectivity index (χ1v) is 3.45. The molecular weight excluding hydrogens is 144 g/mol. The van der Waals surface area contributed by atoms with Gasteiger partial charge in [0.15, 0.2) is 0 Å². The molecule has 0 spiro atoms. The summed E-state index contributed by atoms with van der Waals surface area (Å²) in [7, 11) is 1.31. The standard InChI is InChI=1S/C7H10N2O2/c1-11-6(10)9-5-7(4-8)2-3-7/h2-3,5H2,1H3,(H,9,10). The van der Waals surface area contributed by atoms with E-state index in [0.717, 1.165) is 12.8 Å². The van der Waals surface area contributed by atoms with E-state index in [1.807, 2.05) is 0 Å². The quantitative estimate of drug-likeness (QED) is 0.635. The van der Waals surface area contributed by atoms with Crippen LogP contribution in [-0.4, -0.2) is 19.7 Å². The molecule has 1 rings (SSSR count). The van der Waals surface area contributed by atoms with Crippen molar-refractivity contribution < 1.29 is 9.53 Å². The summed E-state index contributed by atoms with van der Waals surface area (Å²) in [5, 5.41) is 11.1. The minimum Gasteiger partial charge on any atom is -0.453 e. The van der Waals surface area contributed by atoms with Gasteiger partial charge in [-0.25, -0.2) is 4.79 Å². The molecule has 0 aromatic heterocycles. The van der Waals surface area contributed by atoms with E-state index < -0.39 is 6.09 Å². The van der Waals surface area contributed by atoms with Gasteiger partial charge in [0.2, 0.25) is 0 Å². The second-order valence-corrected chi connectivity index (χ2v) is 2.74. The molecule has 1 N–H and O–H groups in total. The summed E-state index contributed by atoms with van der Waals surface area (Å²) in [4.78, 5) is 10.6. The number of hydrogen-bond acceptors (Lipinski definition) is 3. The molecule has 1 saturated carbocycles. The molecule has 1 amide bonds. The Labute approximate surface area is 65.1 Å². The summed E-state index contributed by atoms with van der Waals surface area (Å²) < 4.78 is 4.36. The molecule has 0 bridgehead atoms. The largest absolute Gasteiger partial charge is 0.453 e. The number of hydrogen-bond donors (Lipinski definition) is 1. The zero-order valence-electron chi connectivity index (χ0n) is 6.39. The van der Waals surface area contributed by atoms with Crippen molar-refractivity contribution in [3.8, 4) is 6.07 Å². The molecule has 4 nitrogen and oxygen atoms in total. The first-order chi connectivity index (χ1) is 5.22. The van der Waals surface area contributed by atoms with Gasteiger partial charge in [0.25, 0.3) is 0 Å². The molecule has 0 aromatic carbocycles. The highest BCUT2D eigenvalue weighted by molar-refractivity contribution is 5.67. The predicted molar refractivity (Wildman–Crippen MR) is 37.7 cm³/mol. The van der Waals surface area contributed by atoms with Gasteiger partial charge in [-0.15, -0.1) is 0 Å². The van der Waals surface area contributed by atoms with Crippen molar-refractivity contribution in [2.75, 3.05) is 13.7 Å². The fourth-order valence-electron chi connectivity index (χ4n) is 0.793. The molecule has 1 fully saturated rings. The number of nitrogens with one attached hydrogen (secondary N) is 1. The highest BCUT2D eigenvalue weighted by Gasteiger charge is 2.43. The molecule has 0 aromatic rings. The summed E-state index contributed by atoms with van der Waals surface area (Å²) in [6, 6.07) is 2.16. The molecule has 60 valence electrons. The van der Waals surface area contributed by atoms with E-state index in [0.29, 0.717) is 6.54 Å². The Morgan fingerprint density at radius 1 is 1.82 bits per heavy atom. The second kappa shape index (κ2) is 2.79. The van der Waals surface area contributed by atoms with Crippen LogP contribution in [0.15, 0.2) is 0 Å². The van der Waals surface area contributed by atoms with E-state index in [2.05, 4.69) is 16.1 Å². The smallest absolute Gasteiger partial charge is 0.406 e. The Kier molecular flexibility index (Phi) is 1.99. The number of ether oxygens (including phenoxy) is 1. The van der Waals surface area contributed by atoms with Gasteiger partial charge in [-0.2, -0.15) is 5.26 Å². The number of nitrogens with zero attached hydrogens (tertiary/aromatic N) is 1. The summed E-state index contributed by atoms with van der Waals surface area (Å²) in [6.45, 7) is 0.413. The third-order valence-electron chi connectivity index (χ3n) is 1.85. The fourth-order valence-corrected chi connectivity index (χ4v) is 0.793. The Bertz CT molecular complexity index is 203. The average molecular weight is 154 g/mol. The van der Waals surface area contributed by atoms with E-state index in [4.69, 9.17) is 5.26 Å². The summed E-state index contributed by atoms with van der Waals surface area (Å²) in [5.41, 5.74) is -0.284. The van der Waals surface area contributed by atoms with Crippen molar-refractivity contribution in [3.05, 3.63) is 0 Å².